The van der Waals surface area contributed by atoms with Crippen LogP contribution in [0.2, 0.25) is 5.02 Å². The lowest BCUT2D eigenvalue weighted by atomic mass is 10.1. The molecule has 2 N–H and O–H groups in total. The quantitative estimate of drug-likeness (QED) is 0.379. The van der Waals surface area contributed by atoms with Crippen molar-refractivity contribution in [2.24, 2.45) is 5.92 Å². The van der Waals surface area contributed by atoms with Crippen molar-refractivity contribution in [2.45, 2.75) is 45.1 Å². The standard InChI is InChI=1S/C25H33ClN2O5S/c1-3-34(30,31)28-24(20-10-11-20)25(29)27-14-13-19-9-12-22(23(17-19)32-2)33-15-5-7-18-6-4-8-21(26)16-18/h4,6,8-9,12,16-17,20,24,28H,3,5,7,10-11,13-15H2,1-2H3,(H,27,29). The molecule has 0 bridgehead atoms. The van der Waals surface area contributed by atoms with Gasteiger partial charge in [0.05, 0.1) is 19.5 Å². The molecule has 186 valence electrons. The average Bonchev–Trinajstić information content (AvgIpc) is 3.66. The van der Waals surface area contributed by atoms with Crippen LogP contribution in [0.1, 0.15) is 37.3 Å². The van der Waals surface area contributed by atoms with Gasteiger partial charge in [0.25, 0.3) is 0 Å². The van der Waals surface area contributed by atoms with E-state index < -0.39 is 16.1 Å². The predicted molar refractivity (Wildman–Crippen MR) is 134 cm³/mol. The first kappa shape index (κ1) is 26.3. The molecule has 9 heteroatoms. The third kappa shape index (κ3) is 8.18. The molecule has 0 saturated heterocycles. The Morgan fingerprint density at radius 2 is 1.88 bits per heavy atom. The minimum Gasteiger partial charge on any atom is -0.493 e. The van der Waals surface area contributed by atoms with Crippen molar-refractivity contribution < 1.29 is 22.7 Å². The largest absolute Gasteiger partial charge is 0.493 e. The van der Waals surface area contributed by atoms with Gasteiger partial charge in [-0.2, -0.15) is 0 Å². The summed E-state index contributed by atoms with van der Waals surface area (Å²) in [5.74, 6) is 1.07. The molecule has 0 heterocycles. The zero-order valence-corrected chi connectivity index (χ0v) is 21.3. The van der Waals surface area contributed by atoms with E-state index in [9.17, 15) is 13.2 Å². The van der Waals surface area contributed by atoms with Gasteiger partial charge in [-0.05, 0) is 80.3 Å². The maximum atomic E-state index is 12.6. The van der Waals surface area contributed by atoms with Crippen molar-refractivity contribution >= 4 is 27.5 Å². The Balaban J connectivity index is 1.46. The summed E-state index contributed by atoms with van der Waals surface area (Å²) in [7, 11) is -1.84. The first-order valence-electron chi connectivity index (χ1n) is 11.6. The number of sulfonamides is 1. The SMILES string of the molecule is CCS(=O)(=O)NC(C(=O)NCCc1ccc(OCCCc2cccc(Cl)c2)c(OC)c1)C1CC1. The van der Waals surface area contributed by atoms with Gasteiger partial charge in [0.1, 0.15) is 6.04 Å². The lowest BCUT2D eigenvalue weighted by Crippen LogP contribution is -2.48. The van der Waals surface area contributed by atoms with Gasteiger partial charge in [-0.1, -0.05) is 29.8 Å². The molecule has 34 heavy (non-hydrogen) atoms. The molecule has 3 rings (SSSR count). The molecule has 2 aromatic rings. The Kier molecular flexibility index (Phi) is 9.62. The molecule has 7 nitrogen and oxygen atoms in total. The van der Waals surface area contributed by atoms with Crippen LogP contribution in [0.4, 0.5) is 0 Å². The number of hydrogen-bond donors (Lipinski definition) is 2. The Bertz CT molecular complexity index is 1070. The van der Waals surface area contributed by atoms with Crippen LogP contribution in [0.3, 0.4) is 0 Å². The fourth-order valence-corrected chi connectivity index (χ4v) is 4.71. The van der Waals surface area contributed by atoms with Gasteiger partial charge in [0.15, 0.2) is 11.5 Å². The summed E-state index contributed by atoms with van der Waals surface area (Å²) in [5.41, 5.74) is 2.16. The summed E-state index contributed by atoms with van der Waals surface area (Å²) >= 11 is 6.03. The third-order valence-electron chi connectivity index (χ3n) is 5.76. The minimum atomic E-state index is -3.43. The Morgan fingerprint density at radius 3 is 2.56 bits per heavy atom. The number of aryl methyl sites for hydroxylation is 1. The molecule has 1 saturated carbocycles. The number of methoxy groups -OCH3 is 1. The van der Waals surface area contributed by atoms with Crippen LogP contribution < -0.4 is 19.5 Å². The van der Waals surface area contributed by atoms with Crippen LogP contribution in [-0.2, 0) is 27.7 Å². The fourth-order valence-electron chi connectivity index (χ4n) is 3.65. The summed E-state index contributed by atoms with van der Waals surface area (Å²) < 4.78 is 37.7. The molecule has 0 radical (unpaired) electrons. The van der Waals surface area contributed by atoms with Crippen molar-refractivity contribution in [3.63, 3.8) is 0 Å². The van der Waals surface area contributed by atoms with Gasteiger partial charge in [0, 0.05) is 11.6 Å². The van der Waals surface area contributed by atoms with Crippen molar-refractivity contribution in [3.05, 3.63) is 58.6 Å². The van der Waals surface area contributed by atoms with Gasteiger partial charge in [0.2, 0.25) is 15.9 Å². The normalized spacial score (nSPS) is 14.4. The second-order valence-corrected chi connectivity index (χ2v) is 10.9. The zero-order chi connectivity index (χ0) is 24.6. The molecule has 1 unspecified atom stereocenters. The summed E-state index contributed by atoms with van der Waals surface area (Å²) in [6.45, 7) is 2.51. The molecule has 1 aliphatic rings. The summed E-state index contributed by atoms with van der Waals surface area (Å²) in [6, 6.07) is 12.8. The van der Waals surface area contributed by atoms with E-state index in [1.807, 2.05) is 42.5 Å². The highest BCUT2D eigenvalue weighted by Crippen LogP contribution is 2.33. The van der Waals surface area contributed by atoms with E-state index >= 15 is 0 Å². The molecule has 0 aliphatic heterocycles. The van der Waals surface area contributed by atoms with Crippen LogP contribution in [0.5, 0.6) is 11.5 Å². The van der Waals surface area contributed by atoms with Gasteiger partial charge >= 0.3 is 0 Å². The molecular formula is C25H33ClN2O5S. The van der Waals surface area contributed by atoms with Crippen LogP contribution in [0.25, 0.3) is 0 Å². The topological polar surface area (TPSA) is 93.7 Å². The first-order valence-corrected chi connectivity index (χ1v) is 13.7. The Morgan fingerprint density at radius 1 is 1.12 bits per heavy atom. The monoisotopic (exact) mass is 508 g/mol. The number of amides is 1. The summed E-state index contributed by atoms with van der Waals surface area (Å²) in [4.78, 5) is 12.6. The maximum Gasteiger partial charge on any atom is 0.238 e. The Hall–Kier alpha value is -2.29. The van der Waals surface area contributed by atoms with Gasteiger partial charge in [-0.3, -0.25) is 4.79 Å². The number of carbonyl (C=O) groups is 1. The van der Waals surface area contributed by atoms with Crippen molar-refractivity contribution in [3.8, 4) is 11.5 Å². The van der Waals surface area contributed by atoms with E-state index in [1.54, 1.807) is 14.0 Å². The van der Waals surface area contributed by atoms with E-state index in [2.05, 4.69) is 10.0 Å². The van der Waals surface area contributed by atoms with Gasteiger partial charge in [-0.15, -0.1) is 0 Å². The summed E-state index contributed by atoms with van der Waals surface area (Å²) in [5, 5.41) is 3.60. The highest BCUT2D eigenvalue weighted by molar-refractivity contribution is 7.89. The molecule has 1 atom stereocenters. The number of carbonyl (C=O) groups excluding carboxylic acids is 1. The predicted octanol–water partition coefficient (Wildman–Crippen LogP) is 3.74. The number of nitrogens with one attached hydrogen (secondary N) is 2. The van der Waals surface area contributed by atoms with Crippen molar-refractivity contribution in [2.75, 3.05) is 26.0 Å². The van der Waals surface area contributed by atoms with E-state index in [-0.39, 0.29) is 17.6 Å². The molecule has 0 aromatic heterocycles. The second kappa shape index (κ2) is 12.4. The smallest absolute Gasteiger partial charge is 0.238 e. The average molecular weight is 509 g/mol. The van der Waals surface area contributed by atoms with Crippen LogP contribution in [-0.4, -0.2) is 46.4 Å². The molecule has 1 aliphatic carbocycles. The zero-order valence-electron chi connectivity index (χ0n) is 19.7. The lowest BCUT2D eigenvalue weighted by Gasteiger charge is -2.17. The number of rotatable bonds is 14. The molecule has 0 spiro atoms. The van der Waals surface area contributed by atoms with E-state index in [0.29, 0.717) is 31.1 Å². The van der Waals surface area contributed by atoms with E-state index in [4.69, 9.17) is 21.1 Å². The van der Waals surface area contributed by atoms with Crippen LogP contribution in [0, 0.1) is 5.92 Å². The van der Waals surface area contributed by atoms with Gasteiger partial charge < -0.3 is 14.8 Å². The molecular weight excluding hydrogens is 476 g/mol. The highest BCUT2D eigenvalue weighted by atomic mass is 35.5. The van der Waals surface area contributed by atoms with Gasteiger partial charge in [-0.25, -0.2) is 13.1 Å². The van der Waals surface area contributed by atoms with Crippen molar-refractivity contribution in [1.29, 1.82) is 0 Å². The molecule has 2 aromatic carbocycles. The van der Waals surface area contributed by atoms with E-state index in [0.717, 1.165) is 36.3 Å². The molecule has 1 amide bonds. The van der Waals surface area contributed by atoms with Crippen LogP contribution >= 0.6 is 11.6 Å². The van der Waals surface area contributed by atoms with E-state index in [1.165, 1.54) is 5.56 Å². The highest BCUT2D eigenvalue weighted by Gasteiger charge is 2.38. The summed E-state index contributed by atoms with van der Waals surface area (Å²) in [6.07, 6.45) is 4.04. The second-order valence-electron chi connectivity index (χ2n) is 8.44. The maximum absolute atomic E-state index is 12.6. The first-order chi connectivity index (χ1) is 16.3. The van der Waals surface area contributed by atoms with Crippen molar-refractivity contribution in [1.82, 2.24) is 10.0 Å². The fraction of sp³-hybridized carbons (Fsp3) is 0.480. The number of hydrogen-bond acceptors (Lipinski definition) is 5. The molecule has 1 fully saturated rings. The number of ether oxygens (including phenoxy) is 2. The lowest BCUT2D eigenvalue weighted by molar-refractivity contribution is -0.123. The minimum absolute atomic E-state index is 0.0433. The third-order valence-corrected chi connectivity index (χ3v) is 7.37. The Labute approximate surface area is 207 Å². The number of benzene rings is 2. The number of halogens is 1. The van der Waals surface area contributed by atoms with Crippen LogP contribution in [0.15, 0.2) is 42.5 Å².